The molecule has 2 unspecified atom stereocenters. The molecule has 0 aromatic heterocycles. The Labute approximate surface area is 136 Å². The molecular formula is C18H36O4. The summed E-state index contributed by atoms with van der Waals surface area (Å²) in [7, 11) is 0. The van der Waals surface area contributed by atoms with Crippen LogP contribution >= 0.6 is 0 Å². The van der Waals surface area contributed by atoms with Crippen molar-refractivity contribution in [3.8, 4) is 0 Å². The topological polar surface area (TPSA) is 36.9 Å². The molecule has 0 N–H and O–H groups in total. The zero-order valence-electron chi connectivity index (χ0n) is 15.1. The van der Waals surface area contributed by atoms with Crippen LogP contribution in [-0.2, 0) is 19.6 Å². The first-order chi connectivity index (χ1) is 10.6. The maximum absolute atomic E-state index is 5.74. The predicted molar refractivity (Wildman–Crippen MR) is 88.1 cm³/mol. The van der Waals surface area contributed by atoms with Gasteiger partial charge in [-0.15, -0.1) is 0 Å². The predicted octanol–water partition coefficient (Wildman–Crippen LogP) is 5.70. The summed E-state index contributed by atoms with van der Waals surface area (Å²) in [5, 5.41) is 0. The van der Waals surface area contributed by atoms with E-state index in [1.807, 2.05) is 0 Å². The summed E-state index contributed by atoms with van der Waals surface area (Å²) < 4.78 is 0. The number of hydrogen-bond acceptors (Lipinski definition) is 4. The van der Waals surface area contributed by atoms with Crippen LogP contribution in [0.5, 0.6) is 0 Å². The smallest absolute Gasteiger partial charge is 0.231 e. The molecule has 0 aromatic carbocycles. The summed E-state index contributed by atoms with van der Waals surface area (Å²) in [5.74, 6) is -0.709. The molecule has 22 heavy (non-hydrogen) atoms. The average molecular weight is 316 g/mol. The molecule has 0 amide bonds. The van der Waals surface area contributed by atoms with Gasteiger partial charge in [-0.1, -0.05) is 46.0 Å². The van der Waals surface area contributed by atoms with E-state index in [-0.39, 0.29) is 12.2 Å². The maximum Gasteiger partial charge on any atom is 0.234 e. The first-order valence-electron chi connectivity index (χ1n) is 9.31. The Hall–Kier alpha value is -0.160. The van der Waals surface area contributed by atoms with Gasteiger partial charge in [0.15, 0.2) is 0 Å². The van der Waals surface area contributed by atoms with Crippen LogP contribution in [0.1, 0.15) is 98.3 Å². The molecule has 0 radical (unpaired) electrons. The van der Waals surface area contributed by atoms with E-state index in [9.17, 15) is 0 Å². The van der Waals surface area contributed by atoms with Gasteiger partial charge in [-0.25, -0.2) is 9.78 Å². The highest BCUT2D eigenvalue weighted by atomic mass is 17.3. The Kier molecular flexibility index (Phi) is 10.3. The lowest BCUT2D eigenvalue weighted by Crippen LogP contribution is -2.40. The van der Waals surface area contributed by atoms with Crippen molar-refractivity contribution in [1.29, 1.82) is 0 Å². The van der Waals surface area contributed by atoms with Crippen LogP contribution in [0.15, 0.2) is 0 Å². The van der Waals surface area contributed by atoms with Crippen molar-refractivity contribution >= 4 is 0 Å². The number of hydrogen-bond donors (Lipinski definition) is 0. The molecule has 0 aromatic rings. The Morgan fingerprint density at radius 3 is 1.64 bits per heavy atom. The minimum absolute atomic E-state index is 0.0971. The van der Waals surface area contributed by atoms with E-state index in [1.54, 1.807) is 0 Å². The van der Waals surface area contributed by atoms with Gasteiger partial charge in [0.05, 0.1) is 12.2 Å². The molecule has 4 heteroatoms. The SMILES string of the molecule is CCCCC(C)OOC1(OOC(C)CCCC)CCCCC1. The molecule has 0 saturated heterocycles. The van der Waals surface area contributed by atoms with Gasteiger partial charge in [0, 0.05) is 12.8 Å². The summed E-state index contributed by atoms with van der Waals surface area (Å²) >= 11 is 0. The highest BCUT2D eigenvalue weighted by Crippen LogP contribution is 2.34. The van der Waals surface area contributed by atoms with Crippen LogP contribution in [0.2, 0.25) is 0 Å². The van der Waals surface area contributed by atoms with E-state index in [0.29, 0.717) is 0 Å². The third-order valence-corrected chi connectivity index (χ3v) is 4.27. The van der Waals surface area contributed by atoms with Crippen LogP contribution in [0, 0.1) is 0 Å². The molecule has 1 aliphatic rings. The van der Waals surface area contributed by atoms with Crippen LogP contribution < -0.4 is 0 Å². The van der Waals surface area contributed by atoms with Crippen molar-refractivity contribution in [2.24, 2.45) is 0 Å². The maximum atomic E-state index is 5.74. The summed E-state index contributed by atoms with van der Waals surface area (Å²) in [6.07, 6.45) is 12.0. The average Bonchev–Trinajstić information content (AvgIpc) is 2.55. The number of rotatable bonds is 12. The molecule has 1 rings (SSSR count). The van der Waals surface area contributed by atoms with E-state index in [1.165, 1.54) is 19.3 Å². The largest absolute Gasteiger partial charge is 0.234 e. The van der Waals surface area contributed by atoms with Gasteiger partial charge in [0.25, 0.3) is 0 Å². The fourth-order valence-electron chi connectivity index (χ4n) is 2.69. The Morgan fingerprint density at radius 1 is 0.773 bits per heavy atom. The first kappa shape index (κ1) is 19.9. The summed E-state index contributed by atoms with van der Waals surface area (Å²) in [6, 6.07) is 0. The molecule has 0 heterocycles. The molecular weight excluding hydrogens is 280 g/mol. The molecule has 132 valence electrons. The molecule has 2 atom stereocenters. The monoisotopic (exact) mass is 316 g/mol. The van der Waals surface area contributed by atoms with Gasteiger partial charge >= 0.3 is 0 Å². The summed E-state index contributed by atoms with van der Waals surface area (Å²) in [5.41, 5.74) is 0. The van der Waals surface area contributed by atoms with Gasteiger partial charge in [-0.3, -0.25) is 0 Å². The zero-order valence-corrected chi connectivity index (χ0v) is 15.1. The lowest BCUT2D eigenvalue weighted by atomic mass is 9.94. The van der Waals surface area contributed by atoms with Gasteiger partial charge in [0.2, 0.25) is 5.79 Å². The molecule has 1 aliphatic carbocycles. The minimum atomic E-state index is -0.709. The fraction of sp³-hybridized carbons (Fsp3) is 1.00. The van der Waals surface area contributed by atoms with Gasteiger partial charge < -0.3 is 0 Å². The molecule has 0 spiro atoms. The third kappa shape index (κ3) is 7.91. The van der Waals surface area contributed by atoms with Crippen molar-refractivity contribution in [3.63, 3.8) is 0 Å². The highest BCUT2D eigenvalue weighted by Gasteiger charge is 2.38. The Morgan fingerprint density at radius 2 is 1.23 bits per heavy atom. The van der Waals surface area contributed by atoms with Gasteiger partial charge in [0.1, 0.15) is 0 Å². The number of unbranched alkanes of at least 4 members (excludes halogenated alkanes) is 2. The second kappa shape index (κ2) is 11.4. The van der Waals surface area contributed by atoms with Crippen LogP contribution in [0.3, 0.4) is 0 Å². The van der Waals surface area contributed by atoms with Crippen LogP contribution in [0.25, 0.3) is 0 Å². The molecule has 4 nitrogen and oxygen atoms in total. The lowest BCUT2D eigenvalue weighted by molar-refractivity contribution is -0.531. The molecule has 1 saturated carbocycles. The van der Waals surface area contributed by atoms with Crippen molar-refractivity contribution in [1.82, 2.24) is 0 Å². The van der Waals surface area contributed by atoms with Gasteiger partial charge in [-0.05, 0) is 39.5 Å². The standard InChI is InChI=1S/C18H36O4/c1-5-7-12-16(3)19-21-18(14-10-9-11-15-18)22-20-17(4)13-8-6-2/h16-17H,5-15H2,1-4H3. The van der Waals surface area contributed by atoms with E-state index >= 15 is 0 Å². The minimum Gasteiger partial charge on any atom is -0.231 e. The van der Waals surface area contributed by atoms with E-state index < -0.39 is 5.79 Å². The second-order valence-electron chi connectivity index (χ2n) is 6.74. The highest BCUT2D eigenvalue weighted by molar-refractivity contribution is 4.73. The molecule has 0 bridgehead atoms. The quantitative estimate of drug-likeness (QED) is 0.263. The fourth-order valence-corrected chi connectivity index (χ4v) is 2.69. The molecule has 0 aliphatic heterocycles. The summed E-state index contributed by atoms with van der Waals surface area (Å²) in [4.78, 5) is 22.7. The normalized spacial score (nSPS) is 20.7. The van der Waals surface area contributed by atoms with Crippen molar-refractivity contribution in [2.45, 2.75) is 116 Å². The third-order valence-electron chi connectivity index (χ3n) is 4.27. The summed E-state index contributed by atoms with van der Waals surface area (Å²) in [6.45, 7) is 8.48. The van der Waals surface area contributed by atoms with E-state index in [0.717, 1.165) is 51.4 Å². The van der Waals surface area contributed by atoms with Crippen LogP contribution in [-0.4, -0.2) is 18.0 Å². The van der Waals surface area contributed by atoms with Crippen molar-refractivity contribution < 1.29 is 19.6 Å². The zero-order chi connectivity index (χ0) is 16.3. The van der Waals surface area contributed by atoms with Crippen molar-refractivity contribution in [2.75, 3.05) is 0 Å². The van der Waals surface area contributed by atoms with E-state index in [2.05, 4.69) is 27.7 Å². The first-order valence-corrected chi connectivity index (χ1v) is 9.31. The van der Waals surface area contributed by atoms with E-state index in [4.69, 9.17) is 19.6 Å². The second-order valence-corrected chi connectivity index (χ2v) is 6.74. The van der Waals surface area contributed by atoms with Crippen LogP contribution in [0.4, 0.5) is 0 Å². The lowest BCUT2D eigenvalue weighted by Gasteiger charge is -2.35. The van der Waals surface area contributed by atoms with Crippen molar-refractivity contribution in [3.05, 3.63) is 0 Å². The Bertz CT molecular complexity index is 244. The molecule has 1 fully saturated rings. The Balaban J connectivity index is 2.40. The van der Waals surface area contributed by atoms with Gasteiger partial charge in [-0.2, -0.15) is 9.78 Å².